The molecule has 1 aliphatic rings. The molecule has 31 heavy (non-hydrogen) atoms. The molecule has 3 rings (SSSR count). The van der Waals surface area contributed by atoms with E-state index in [-0.39, 0.29) is 23.2 Å². The first-order valence-corrected chi connectivity index (χ1v) is 9.67. The van der Waals surface area contributed by atoms with Gasteiger partial charge in [-0.1, -0.05) is 30.0 Å². The summed E-state index contributed by atoms with van der Waals surface area (Å²) in [6.45, 7) is 0. The largest absolute Gasteiger partial charge is 0.493 e. The molecule has 1 saturated heterocycles. The standard InChI is InChI=1S/C19H13F3N2O5S2/c1-23-17(25)16(31-18(23)30)8-10-3-5-14(15(7-10)28-2)29-13-6-4-11(19(20,21)22)9-12(13)24(26)27/h3-9H,1-2H3/b16-8-. The second kappa shape index (κ2) is 8.55. The highest BCUT2D eigenvalue weighted by Gasteiger charge is 2.33. The zero-order valence-corrected chi connectivity index (χ0v) is 17.6. The molecule has 7 nitrogen and oxygen atoms in total. The van der Waals surface area contributed by atoms with Crippen LogP contribution in [0.4, 0.5) is 18.9 Å². The summed E-state index contributed by atoms with van der Waals surface area (Å²) in [6, 6.07) is 6.49. The Morgan fingerprint density at radius 1 is 1.16 bits per heavy atom. The molecule has 0 spiro atoms. The number of rotatable bonds is 5. The molecule has 0 atom stereocenters. The summed E-state index contributed by atoms with van der Waals surface area (Å²) in [5, 5.41) is 11.2. The van der Waals surface area contributed by atoms with Crippen LogP contribution in [0.5, 0.6) is 17.2 Å². The van der Waals surface area contributed by atoms with Crippen molar-refractivity contribution < 1.29 is 32.4 Å². The molecule has 0 saturated carbocycles. The van der Waals surface area contributed by atoms with E-state index in [1.807, 2.05) is 0 Å². The van der Waals surface area contributed by atoms with Crippen molar-refractivity contribution in [3.8, 4) is 17.2 Å². The molecular formula is C19H13F3N2O5S2. The SMILES string of the molecule is COc1cc(/C=C2\SC(=S)N(C)C2=O)ccc1Oc1ccc(C(F)(F)F)cc1[N+](=O)[O-]. The number of nitrogens with zero attached hydrogens (tertiary/aromatic N) is 2. The Morgan fingerprint density at radius 2 is 1.84 bits per heavy atom. The number of likely N-dealkylation sites (N-methyl/N-ethyl adjacent to an activating group) is 1. The maximum absolute atomic E-state index is 12.9. The van der Waals surface area contributed by atoms with Crippen molar-refractivity contribution in [3.05, 3.63) is 62.5 Å². The van der Waals surface area contributed by atoms with Crippen molar-refractivity contribution in [2.24, 2.45) is 0 Å². The lowest BCUT2D eigenvalue weighted by atomic mass is 10.1. The van der Waals surface area contributed by atoms with E-state index < -0.39 is 22.4 Å². The fraction of sp³-hybridized carbons (Fsp3) is 0.158. The maximum atomic E-state index is 12.9. The van der Waals surface area contributed by atoms with Gasteiger partial charge in [0.2, 0.25) is 5.75 Å². The summed E-state index contributed by atoms with van der Waals surface area (Å²) >= 11 is 6.21. The number of methoxy groups -OCH3 is 1. The van der Waals surface area contributed by atoms with Gasteiger partial charge < -0.3 is 9.47 Å². The highest BCUT2D eigenvalue weighted by atomic mass is 32.2. The van der Waals surface area contributed by atoms with Gasteiger partial charge in [-0.15, -0.1) is 0 Å². The summed E-state index contributed by atoms with van der Waals surface area (Å²) in [5.41, 5.74) is -1.44. The van der Waals surface area contributed by atoms with Gasteiger partial charge in [0.05, 0.1) is 22.5 Å². The number of halogens is 3. The van der Waals surface area contributed by atoms with Gasteiger partial charge >= 0.3 is 11.9 Å². The molecule has 1 heterocycles. The number of amides is 1. The fourth-order valence-electron chi connectivity index (χ4n) is 2.60. The van der Waals surface area contributed by atoms with Gasteiger partial charge in [0, 0.05) is 13.1 Å². The lowest BCUT2D eigenvalue weighted by Gasteiger charge is -2.13. The van der Waals surface area contributed by atoms with E-state index in [1.165, 1.54) is 24.1 Å². The number of hydrogen-bond acceptors (Lipinski definition) is 7. The molecule has 2 aromatic carbocycles. The third-order valence-corrected chi connectivity index (χ3v) is 5.66. The molecule has 1 aliphatic heterocycles. The van der Waals surface area contributed by atoms with Crippen LogP contribution in [-0.4, -0.2) is 34.2 Å². The molecule has 0 aliphatic carbocycles. The van der Waals surface area contributed by atoms with Crippen LogP contribution in [0, 0.1) is 10.1 Å². The summed E-state index contributed by atoms with van der Waals surface area (Å²) < 4.78 is 49.7. The number of thiocarbonyl (C=S) groups is 1. The number of ether oxygens (including phenoxy) is 2. The number of hydrogen-bond donors (Lipinski definition) is 0. The van der Waals surface area contributed by atoms with Crippen LogP contribution < -0.4 is 9.47 Å². The minimum atomic E-state index is -4.73. The normalized spacial score (nSPS) is 15.5. The average molecular weight is 470 g/mol. The average Bonchev–Trinajstić information content (AvgIpc) is 2.95. The van der Waals surface area contributed by atoms with E-state index in [0.717, 1.165) is 17.8 Å². The zero-order chi connectivity index (χ0) is 22.9. The monoisotopic (exact) mass is 470 g/mol. The van der Waals surface area contributed by atoms with Gasteiger partial charge in [0.1, 0.15) is 4.32 Å². The smallest absolute Gasteiger partial charge is 0.416 e. The Labute approximate surface area is 183 Å². The van der Waals surface area contributed by atoms with Gasteiger partial charge in [0.25, 0.3) is 5.91 Å². The topological polar surface area (TPSA) is 81.9 Å². The van der Waals surface area contributed by atoms with Crippen LogP contribution in [0.25, 0.3) is 6.08 Å². The van der Waals surface area contributed by atoms with Gasteiger partial charge in [-0.3, -0.25) is 19.8 Å². The first-order valence-electron chi connectivity index (χ1n) is 8.44. The van der Waals surface area contributed by atoms with Crippen LogP contribution in [0.3, 0.4) is 0 Å². The Hall–Kier alpha value is -3.12. The summed E-state index contributed by atoms with van der Waals surface area (Å²) in [4.78, 5) is 24.2. The van der Waals surface area contributed by atoms with E-state index >= 15 is 0 Å². The van der Waals surface area contributed by atoms with Crippen molar-refractivity contribution >= 4 is 46.0 Å². The van der Waals surface area contributed by atoms with E-state index in [1.54, 1.807) is 19.2 Å². The van der Waals surface area contributed by atoms with Crippen LogP contribution in [0.2, 0.25) is 0 Å². The number of thioether (sulfide) groups is 1. The van der Waals surface area contributed by atoms with Gasteiger partial charge in [-0.2, -0.15) is 13.2 Å². The quantitative estimate of drug-likeness (QED) is 0.256. The zero-order valence-electron chi connectivity index (χ0n) is 15.9. The first kappa shape index (κ1) is 22.6. The van der Waals surface area contributed by atoms with Crippen LogP contribution in [0.1, 0.15) is 11.1 Å². The Morgan fingerprint density at radius 3 is 2.39 bits per heavy atom. The third kappa shape index (κ3) is 4.80. The Balaban J connectivity index is 1.94. The molecule has 1 fully saturated rings. The number of nitro benzene ring substituents is 1. The van der Waals surface area contributed by atoms with E-state index in [2.05, 4.69) is 0 Å². The van der Waals surface area contributed by atoms with Crippen molar-refractivity contribution in [2.45, 2.75) is 6.18 Å². The molecule has 0 unspecified atom stereocenters. The van der Waals surface area contributed by atoms with E-state index in [0.29, 0.717) is 26.9 Å². The molecule has 1 amide bonds. The third-order valence-electron chi connectivity index (χ3n) is 4.17. The second-order valence-corrected chi connectivity index (χ2v) is 7.87. The molecule has 162 valence electrons. The molecule has 0 radical (unpaired) electrons. The van der Waals surface area contributed by atoms with Gasteiger partial charge in [-0.05, 0) is 35.9 Å². The van der Waals surface area contributed by atoms with Crippen LogP contribution in [0.15, 0.2) is 41.3 Å². The fourth-order valence-corrected chi connectivity index (χ4v) is 3.78. The lowest BCUT2D eigenvalue weighted by molar-refractivity contribution is -0.385. The number of carbonyl (C=O) groups is 1. The molecular weight excluding hydrogens is 457 g/mol. The predicted molar refractivity (Wildman–Crippen MR) is 112 cm³/mol. The number of benzene rings is 2. The predicted octanol–water partition coefficient (Wildman–Crippen LogP) is 5.25. The van der Waals surface area contributed by atoms with Crippen molar-refractivity contribution in [2.75, 3.05) is 14.2 Å². The van der Waals surface area contributed by atoms with Crippen molar-refractivity contribution in [3.63, 3.8) is 0 Å². The van der Waals surface area contributed by atoms with Crippen LogP contribution in [-0.2, 0) is 11.0 Å². The lowest BCUT2D eigenvalue weighted by Crippen LogP contribution is -2.22. The highest BCUT2D eigenvalue weighted by molar-refractivity contribution is 8.26. The first-order chi connectivity index (χ1) is 14.5. The van der Waals surface area contributed by atoms with Crippen molar-refractivity contribution in [1.29, 1.82) is 0 Å². The number of carbonyl (C=O) groups excluding carboxylic acids is 1. The molecule has 2 aromatic rings. The maximum Gasteiger partial charge on any atom is 0.416 e. The molecule has 0 aromatic heterocycles. The van der Waals surface area contributed by atoms with Crippen LogP contribution >= 0.6 is 24.0 Å². The number of nitro groups is 1. The second-order valence-electron chi connectivity index (χ2n) is 6.19. The summed E-state index contributed by atoms with van der Waals surface area (Å²) in [6.07, 6.45) is -3.14. The van der Waals surface area contributed by atoms with E-state index in [9.17, 15) is 28.1 Å². The minimum absolute atomic E-state index is 0.0468. The summed E-state index contributed by atoms with van der Waals surface area (Å²) in [5.74, 6) is -0.425. The van der Waals surface area contributed by atoms with Gasteiger partial charge in [-0.25, -0.2) is 0 Å². The molecule has 0 bridgehead atoms. The minimum Gasteiger partial charge on any atom is -0.493 e. The van der Waals surface area contributed by atoms with Crippen molar-refractivity contribution in [1.82, 2.24) is 4.90 Å². The molecule has 12 heteroatoms. The molecule has 0 N–H and O–H groups in total. The van der Waals surface area contributed by atoms with Gasteiger partial charge in [0.15, 0.2) is 11.5 Å². The summed E-state index contributed by atoms with van der Waals surface area (Å²) in [7, 11) is 2.89. The highest BCUT2D eigenvalue weighted by Crippen LogP contribution is 2.40. The number of alkyl halides is 3. The van der Waals surface area contributed by atoms with E-state index in [4.69, 9.17) is 21.7 Å². The Bertz CT molecular complexity index is 1120. The Kier molecular flexibility index (Phi) is 6.23.